The van der Waals surface area contributed by atoms with Gasteiger partial charge in [0.05, 0.1) is 13.2 Å². The van der Waals surface area contributed by atoms with E-state index in [1.54, 1.807) is 4.90 Å². The first-order valence-corrected chi connectivity index (χ1v) is 11.3. The van der Waals surface area contributed by atoms with Crippen molar-refractivity contribution in [2.24, 2.45) is 5.92 Å². The van der Waals surface area contributed by atoms with Gasteiger partial charge in [0.25, 0.3) is 5.91 Å². The number of amides is 2. The van der Waals surface area contributed by atoms with Crippen molar-refractivity contribution in [1.82, 2.24) is 9.88 Å². The molecule has 3 aromatic rings. The smallest absolute Gasteiger partial charge is 0.275 e. The fourth-order valence-electron chi connectivity index (χ4n) is 4.37. The van der Waals surface area contributed by atoms with Gasteiger partial charge in [0.1, 0.15) is 17.0 Å². The topological polar surface area (TPSA) is 63.6 Å². The molecule has 1 aliphatic rings. The van der Waals surface area contributed by atoms with E-state index in [2.05, 4.69) is 19.2 Å². The monoisotopic (exact) mass is 433 g/mol. The number of hydrogen-bond acceptors (Lipinski definition) is 3. The summed E-state index contributed by atoms with van der Waals surface area (Å²) in [5.41, 5.74) is 1.16. The molecule has 0 spiro atoms. The third-order valence-electron chi connectivity index (χ3n) is 6.09. The Bertz CT molecular complexity index is 1130. The average Bonchev–Trinajstić information content (AvgIpc) is 3.13. The summed E-state index contributed by atoms with van der Waals surface area (Å²) >= 11 is 0. The first-order valence-electron chi connectivity index (χ1n) is 11.3. The van der Waals surface area contributed by atoms with Gasteiger partial charge >= 0.3 is 0 Å². The molecule has 4 rings (SSSR count). The van der Waals surface area contributed by atoms with Gasteiger partial charge in [-0.15, -0.1) is 0 Å². The van der Waals surface area contributed by atoms with Crippen LogP contribution in [0.1, 0.15) is 44.6 Å². The lowest BCUT2D eigenvalue weighted by Gasteiger charge is -2.44. The van der Waals surface area contributed by atoms with Crippen molar-refractivity contribution in [3.8, 4) is 5.75 Å². The first-order chi connectivity index (χ1) is 15.3. The minimum atomic E-state index is -1.07. The molecule has 6 heteroatoms. The fourth-order valence-corrected chi connectivity index (χ4v) is 4.37. The SMILES string of the molecule is CCOc1ccc(N2C(=O)c3cc4ccccc4n3C[C@@]2(C)C(=O)NCCC(C)C)cc1. The number of nitrogens with one attached hydrogen (secondary N) is 1. The molecular formula is C26H31N3O3. The average molecular weight is 434 g/mol. The molecule has 1 atom stereocenters. The Labute approximate surface area is 189 Å². The zero-order chi connectivity index (χ0) is 22.9. The Balaban J connectivity index is 1.78. The van der Waals surface area contributed by atoms with E-state index in [0.717, 1.165) is 23.1 Å². The fraction of sp³-hybridized carbons (Fsp3) is 0.385. The number of fused-ring (bicyclic) bond motifs is 3. The summed E-state index contributed by atoms with van der Waals surface area (Å²) in [6, 6.07) is 17.2. The molecule has 1 aromatic heterocycles. The Morgan fingerprint density at radius 2 is 1.88 bits per heavy atom. The Kier molecular flexibility index (Phi) is 5.96. The van der Waals surface area contributed by atoms with Crippen molar-refractivity contribution in [1.29, 1.82) is 0 Å². The van der Waals surface area contributed by atoms with E-state index in [-0.39, 0.29) is 11.8 Å². The quantitative estimate of drug-likeness (QED) is 0.591. The molecule has 0 fully saturated rings. The lowest BCUT2D eigenvalue weighted by molar-refractivity contribution is -0.126. The predicted molar refractivity (Wildman–Crippen MR) is 127 cm³/mol. The maximum Gasteiger partial charge on any atom is 0.275 e. The van der Waals surface area contributed by atoms with Crippen LogP contribution in [0.2, 0.25) is 0 Å². The number of ether oxygens (including phenoxy) is 1. The minimum Gasteiger partial charge on any atom is -0.494 e. The third kappa shape index (κ3) is 3.85. The number of anilines is 1. The van der Waals surface area contributed by atoms with Gasteiger partial charge in [0.15, 0.2) is 0 Å². The van der Waals surface area contributed by atoms with E-state index < -0.39 is 5.54 Å². The normalized spacial score (nSPS) is 18.2. The zero-order valence-corrected chi connectivity index (χ0v) is 19.2. The highest BCUT2D eigenvalue weighted by Crippen LogP contribution is 2.36. The van der Waals surface area contributed by atoms with Gasteiger partial charge in [-0.25, -0.2) is 0 Å². The highest BCUT2D eigenvalue weighted by atomic mass is 16.5. The van der Waals surface area contributed by atoms with Crippen LogP contribution >= 0.6 is 0 Å². The van der Waals surface area contributed by atoms with Crippen LogP contribution in [-0.4, -0.2) is 35.1 Å². The number of carbonyl (C=O) groups is 2. The number of nitrogens with zero attached hydrogens (tertiary/aromatic N) is 2. The van der Waals surface area contributed by atoms with Crippen LogP contribution in [0.5, 0.6) is 5.75 Å². The van der Waals surface area contributed by atoms with E-state index >= 15 is 0 Å². The Hall–Kier alpha value is -3.28. The van der Waals surface area contributed by atoms with Gasteiger partial charge in [-0.1, -0.05) is 32.0 Å². The summed E-state index contributed by atoms with van der Waals surface area (Å²) in [6.45, 7) is 9.56. The zero-order valence-electron chi connectivity index (χ0n) is 19.2. The van der Waals surface area contributed by atoms with E-state index in [4.69, 9.17) is 4.74 Å². The van der Waals surface area contributed by atoms with Gasteiger partial charge in [-0.05, 0) is 62.6 Å². The Morgan fingerprint density at radius 1 is 1.16 bits per heavy atom. The first kappa shape index (κ1) is 21.9. The van der Waals surface area contributed by atoms with Crippen molar-refractivity contribution in [3.63, 3.8) is 0 Å². The molecule has 1 N–H and O–H groups in total. The number of para-hydroxylation sites is 1. The molecule has 168 valence electrons. The molecular weight excluding hydrogens is 402 g/mol. The van der Waals surface area contributed by atoms with Crippen molar-refractivity contribution in [3.05, 3.63) is 60.3 Å². The molecule has 6 nitrogen and oxygen atoms in total. The van der Waals surface area contributed by atoms with Crippen LogP contribution in [0.4, 0.5) is 5.69 Å². The molecule has 32 heavy (non-hydrogen) atoms. The number of aromatic nitrogens is 1. The molecule has 0 unspecified atom stereocenters. The summed E-state index contributed by atoms with van der Waals surface area (Å²) in [6.07, 6.45) is 0.885. The maximum absolute atomic E-state index is 13.8. The lowest BCUT2D eigenvalue weighted by atomic mass is 9.93. The van der Waals surface area contributed by atoms with Crippen LogP contribution in [0.25, 0.3) is 10.9 Å². The maximum atomic E-state index is 13.8. The number of rotatable bonds is 7. The predicted octanol–water partition coefficient (Wildman–Crippen LogP) is 4.62. The highest BCUT2D eigenvalue weighted by Gasteiger charge is 2.48. The van der Waals surface area contributed by atoms with Crippen LogP contribution < -0.4 is 15.0 Å². The van der Waals surface area contributed by atoms with E-state index in [0.29, 0.717) is 37.0 Å². The van der Waals surface area contributed by atoms with Crippen LogP contribution in [0.3, 0.4) is 0 Å². The van der Waals surface area contributed by atoms with Crippen molar-refractivity contribution < 1.29 is 14.3 Å². The van der Waals surface area contributed by atoms with Gasteiger partial charge in [-0.2, -0.15) is 0 Å². The molecule has 2 amide bonds. The second-order valence-corrected chi connectivity index (χ2v) is 8.95. The molecule has 0 saturated heterocycles. The summed E-state index contributed by atoms with van der Waals surface area (Å²) in [7, 11) is 0. The summed E-state index contributed by atoms with van der Waals surface area (Å²) in [5, 5.41) is 4.07. The largest absolute Gasteiger partial charge is 0.494 e. The molecule has 0 aliphatic carbocycles. The third-order valence-corrected chi connectivity index (χ3v) is 6.09. The van der Waals surface area contributed by atoms with Crippen LogP contribution in [0, 0.1) is 5.92 Å². The minimum absolute atomic E-state index is 0.149. The lowest BCUT2D eigenvalue weighted by Crippen LogP contribution is -2.64. The molecule has 0 saturated carbocycles. The van der Waals surface area contributed by atoms with Gasteiger partial charge in [-0.3, -0.25) is 14.5 Å². The van der Waals surface area contributed by atoms with Crippen molar-refractivity contribution >= 4 is 28.4 Å². The molecule has 2 heterocycles. The van der Waals surface area contributed by atoms with Gasteiger partial charge in [0, 0.05) is 23.1 Å². The molecule has 0 radical (unpaired) electrons. The van der Waals surface area contributed by atoms with E-state index in [1.807, 2.05) is 73.0 Å². The number of hydrogen-bond donors (Lipinski definition) is 1. The molecule has 1 aliphatic heterocycles. The summed E-state index contributed by atoms with van der Waals surface area (Å²) in [4.78, 5) is 29.0. The van der Waals surface area contributed by atoms with Crippen LogP contribution in [0.15, 0.2) is 54.6 Å². The van der Waals surface area contributed by atoms with E-state index in [1.165, 1.54) is 0 Å². The van der Waals surface area contributed by atoms with Crippen LogP contribution in [-0.2, 0) is 11.3 Å². The summed E-state index contributed by atoms with van der Waals surface area (Å²) in [5.74, 6) is 0.887. The van der Waals surface area contributed by atoms with Gasteiger partial charge < -0.3 is 14.6 Å². The number of benzene rings is 2. The summed E-state index contributed by atoms with van der Waals surface area (Å²) < 4.78 is 7.54. The standard InChI is InChI=1S/C26H31N3O3/c1-5-32-21-12-10-20(11-13-21)29-24(30)23-16-19-8-6-7-9-22(19)28(23)17-26(29,4)25(31)27-15-14-18(2)3/h6-13,16,18H,5,14-15,17H2,1-4H3,(H,27,31)/t26-/m0/s1. The number of carbonyl (C=O) groups excluding carboxylic acids is 2. The van der Waals surface area contributed by atoms with Gasteiger partial charge in [0.2, 0.25) is 5.91 Å². The van der Waals surface area contributed by atoms with Crippen molar-refractivity contribution in [2.45, 2.75) is 46.2 Å². The van der Waals surface area contributed by atoms with Crippen molar-refractivity contribution in [2.75, 3.05) is 18.1 Å². The molecule has 0 bridgehead atoms. The molecule has 2 aromatic carbocycles. The second kappa shape index (κ2) is 8.69. The highest BCUT2D eigenvalue weighted by molar-refractivity contribution is 6.14. The second-order valence-electron chi connectivity index (χ2n) is 8.95. The Morgan fingerprint density at radius 3 is 2.56 bits per heavy atom. The van der Waals surface area contributed by atoms with E-state index in [9.17, 15) is 9.59 Å².